The second-order valence-electron chi connectivity index (χ2n) is 6.58. The Morgan fingerprint density at radius 2 is 1.96 bits per heavy atom. The topological polar surface area (TPSA) is 54.0 Å². The van der Waals surface area contributed by atoms with Gasteiger partial charge in [0.2, 0.25) is 11.2 Å². The quantitative estimate of drug-likeness (QED) is 0.345. The predicted octanol–water partition coefficient (Wildman–Crippen LogP) is 4.65. The highest BCUT2D eigenvalue weighted by atomic mass is 79.9. The van der Waals surface area contributed by atoms with Crippen LogP contribution in [0.2, 0.25) is 0 Å². The average molecular weight is 426 g/mol. The molecule has 4 rings (SSSR count). The Labute approximate surface area is 165 Å². The second-order valence-corrected chi connectivity index (χ2v) is 7.49. The fraction of sp³-hybridized carbons (Fsp3) is 0.238. The van der Waals surface area contributed by atoms with E-state index in [2.05, 4.69) is 27.8 Å². The maximum atomic E-state index is 13.0. The van der Waals surface area contributed by atoms with E-state index in [9.17, 15) is 5.21 Å². The number of ether oxygens (including phenoxy) is 1. The monoisotopic (exact) mass is 425 g/mol. The van der Waals surface area contributed by atoms with Crippen LogP contribution in [0.15, 0.2) is 53.0 Å². The van der Waals surface area contributed by atoms with Crippen molar-refractivity contribution in [3.8, 4) is 6.01 Å². The molecule has 0 spiro atoms. The molecular weight excluding hydrogens is 406 g/mol. The predicted molar refractivity (Wildman–Crippen MR) is 110 cm³/mol. The number of nitrogens with zero attached hydrogens (tertiary/aromatic N) is 3. The fourth-order valence-corrected chi connectivity index (χ4v) is 3.76. The van der Waals surface area contributed by atoms with Crippen molar-refractivity contribution >= 4 is 37.9 Å². The van der Waals surface area contributed by atoms with Gasteiger partial charge in [-0.15, -0.1) is 0 Å². The van der Waals surface area contributed by atoms with E-state index in [1.807, 2.05) is 60.1 Å². The van der Waals surface area contributed by atoms with Crippen LogP contribution >= 0.6 is 15.9 Å². The lowest BCUT2D eigenvalue weighted by molar-refractivity contribution is -0.584. The van der Waals surface area contributed by atoms with Gasteiger partial charge < -0.3 is 9.94 Å². The van der Waals surface area contributed by atoms with Crippen LogP contribution in [-0.2, 0) is 20.1 Å². The molecule has 0 N–H and O–H groups in total. The third-order valence-corrected chi connectivity index (χ3v) is 5.20. The summed E-state index contributed by atoms with van der Waals surface area (Å²) < 4.78 is 9.82. The van der Waals surface area contributed by atoms with E-state index < -0.39 is 0 Å². The summed E-state index contributed by atoms with van der Waals surface area (Å²) in [5.41, 5.74) is 4.04. The van der Waals surface area contributed by atoms with E-state index in [1.54, 1.807) is 0 Å². The third-order valence-electron chi connectivity index (χ3n) is 4.70. The van der Waals surface area contributed by atoms with Gasteiger partial charge in [-0.3, -0.25) is 4.57 Å². The second kappa shape index (κ2) is 7.19. The van der Waals surface area contributed by atoms with Gasteiger partial charge in [-0.25, -0.2) is 0 Å². The van der Waals surface area contributed by atoms with Crippen molar-refractivity contribution in [3.05, 3.63) is 69.5 Å². The molecule has 0 saturated heterocycles. The number of fused-ring (bicyclic) bond motifs is 3. The summed E-state index contributed by atoms with van der Waals surface area (Å²) >= 11 is 3.47. The average Bonchev–Trinajstić information content (AvgIpc) is 3.01. The molecule has 0 atom stereocenters. The van der Waals surface area contributed by atoms with Crippen molar-refractivity contribution in [2.75, 3.05) is 0 Å². The van der Waals surface area contributed by atoms with Gasteiger partial charge in [0.05, 0.1) is 10.9 Å². The molecule has 0 radical (unpaired) electrons. The Hall–Kier alpha value is -2.60. The maximum Gasteiger partial charge on any atom is 0.297 e. The number of pyridine rings is 1. The standard InChI is InChI=1S/C21H20BrN3O2/c1-3-7-17-19-20(16-11-10-15(22)12-18(16)25(17)26)24(2)21(23-19)27-13-14-8-5-4-6-9-14/h4-6,8-12H,3,7,13H2,1-2H3. The minimum absolute atomic E-state index is 0.433. The van der Waals surface area contributed by atoms with Crippen LogP contribution in [0.4, 0.5) is 0 Å². The van der Waals surface area contributed by atoms with E-state index >= 15 is 0 Å². The molecule has 0 bridgehead atoms. The van der Waals surface area contributed by atoms with Gasteiger partial charge >= 0.3 is 0 Å². The van der Waals surface area contributed by atoms with Crippen molar-refractivity contribution in [2.24, 2.45) is 7.05 Å². The van der Waals surface area contributed by atoms with Crippen LogP contribution in [-0.4, -0.2) is 9.55 Å². The smallest absolute Gasteiger partial charge is 0.297 e. The minimum atomic E-state index is 0.433. The highest BCUT2D eigenvalue weighted by Gasteiger charge is 2.24. The molecular formula is C21H20BrN3O2. The third kappa shape index (κ3) is 3.14. The lowest BCUT2D eigenvalue weighted by Gasteiger charge is -2.10. The van der Waals surface area contributed by atoms with E-state index in [4.69, 9.17) is 4.74 Å². The molecule has 4 aromatic rings. The molecule has 2 aromatic heterocycles. The van der Waals surface area contributed by atoms with Crippen LogP contribution in [0.5, 0.6) is 6.01 Å². The largest absolute Gasteiger partial charge is 0.618 e. The zero-order valence-corrected chi connectivity index (χ0v) is 16.9. The van der Waals surface area contributed by atoms with E-state index in [-0.39, 0.29) is 0 Å². The van der Waals surface area contributed by atoms with Crippen LogP contribution in [0.3, 0.4) is 0 Å². The number of benzene rings is 2. The summed E-state index contributed by atoms with van der Waals surface area (Å²) in [4.78, 5) is 4.69. The summed E-state index contributed by atoms with van der Waals surface area (Å²) in [5, 5.41) is 13.9. The number of hydrogen-bond donors (Lipinski definition) is 0. The first kappa shape index (κ1) is 17.8. The lowest BCUT2D eigenvalue weighted by Crippen LogP contribution is -2.33. The summed E-state index contributed by atoms with van der Waals surface area (Å²) in [6.45, 7) is 2.49. The molecule has 2 heterocycles. The van der Waals surface area contributed by atoms with Crippen molar-refractivity contribution < 1.29 is 9.47 Å². The van der Waals surface area contributed by atoms with E-state index in [1.165, 1.54) is 0 Å². The Morgan fingerprint density at radius 3 is 2.70 bits per heavy atom. The van der Waals surface area contributed by atoms with Gasteiger partial charge in [0.25, 0.3) is 6.01 Å². The first-order valence-electron chi connectivity index (χ1n) is 8.97. The van der Waals surface area contributed by atoms with Gasteiger partial charge in [0.15, 0.2) is 5.52 Å². The maximum absolute atomic E-state index is 13.0. The summed E-state index contributed by atoms with van der Waals surface area (Å²) in [6, 6.07) is 16.3. The summed E-state index contributed by atoms with van der Waals surface area (Å²) in [6.07, 6.45) is 1.53. The molecule has 0 aliphatic heterocycles. The van der Waals surface area contributed by atoms with Crippen molar-refractivity contribution in [2.45, 2.75) is 26.4 Å². The molecule has 2 aromatic carbocycles. The minimum Gasteiger partial charge on any atom is -0.618 e. The van der Waals surface area contributed by atoms with Crippen LogP contribution < -0.4 is 9.47 Å². The first-order valence-corrected chi connectivity index (χ1v) is 9.76. The highest BCUT2D eigenvalue weighted by Crippen LogP contribution is 2.30. The summed E-state index contributed by atoms with van der Waals surface area (Å²) in [5.74, 6) is 0. The zero-order valence-electron chi connectivity index (χ0n) is 15.3. The normalized spacial score (nSPS) is 11.4. The summed E-state index contributed by atoms with van der Waals surface area (Å²) in [7, 11) is 1.93. The molecule has 0 aliphatic carbocycles. The van der Waals surface area contributed by atoms with Crippen molar-refractivity contribution in [1.82, 2.24) is 9.55 Å². The number of rotatable bonds is 5. The lowest BCUT2D eigenvalue weighted by atomic mass is 10.1. The van der Waals surface area contributed by atoms with Gasteiger partial charge in [-0.2, -0.15) is 9.71 Å². The van der Waals surface area contributed by atoms with Gasteiger partial charge in [-0.05, 0) is 24.1 Å². The van der Waals surface area contributed by atoms with E-state index in [0.717, 1.165) is 32.1 Å². The Morgan fingerprint density at radius 1 is 1.19 bits per heavy atom. The fourth-order valence-electron chi connectivity index (χ4n) is 3.41. The number of imidazole rings is 1. The van der Waals surface area contributed by atoms with Crippen molar-refractivity contribution in [3.63, 3.8) is 0 Å². The molecule has 27 heavy (non-hydrogen) atoms. The van der Waals surface area contributed by atoms with E-state index in [0.29, 0.717) is 35.8 Å². The molecule has 138 valence electrons. The molecule has 6 heteroatoms. The Kier molecular flexibility index (Phi) is 4.74. The number of hydrogen-bond acceptors (Lipinski definition) is 3. The molecule has 0 aliphatic rings. The van der Waals surface area contributed by atoms with Gasteiger partial charge in [-0.1, -0.05) is 53.2 Å². The van der Waals surface area contributed by atoms with Crippen LogP contribution in [0, 0.1) is 5.21 Å². The molecule has 0 unspecified atom stereocenters. The van der Waals surface area contributed by atoms with Crippen molar-refractivity contribution in [1.29, 1.82) is 0 Å². The SMILES string of the molecule is CCCc1c2nc(OCc3ccccc3)n(C)c2c2ccc(Br)cc2[n+]1[O-]. The van der Waals surface area contributed by atoms with Gasteiger partial charge in [0.1, 0.15) is 6.61 Å². The van der Waals surface area contributed by atoms with Crippen LogP contribution in [0.25, 0.3) is 21.9 Å². The Bertz CT molecular complexity index is 1120. The number of aryl methyl sites for hydroxylation is 2. The molecule has 0 saturated carbocycles. The first-order chi connectivity index (χ1) is 13.1. The molecule has 0 fully saturated rings. The van der Waals surface area contributed by atoms with Gasteiger partial charge in [0, 0.05) is 24.0 Å². The Balaban J connectivity index is 1.89. The van der Waals surface area contributed by atoms with Crippen LogP contribution in [0.1, 0.15) is 24.6 Å². The molecule has 0 amide bonds. The zero-order chi connectivity index (χ0) is 19.0. The molecule has 5 nitrogen and oxygen atoms in total. The highest BCUT2D eigenvalue weighted by molar-refractivity contribution is 9.10. The number of aromatic nitrogens is 3. The number of halogens is 1.